The minimum atomic E-state index is -0.391. The Balaban J connectivity index is 1.41. The molecule has 0 fully saturated rings. The lowest BCUT2D eigenvalue weighted by Crippen LogP contribution is -2.24. The van der Waals surface area contributed by atoms with E-state index >= 15 is 0 Å². The zero-order valence-electron chi connectivity index (χ0n) is 16.4. The summed E-state index contributed by atoms with van der Waals surface area (Å²) in [6, 6.07) is 26.7. The first-order valence-electron chi connectivity index (χ1n) is 9.70. The molecular formula is C24H22N4O2. The Hall–Kier alpha value is -4.06. The summed E-state index contributed by atoms with van der Waals surface area (Å²) < 4.78 is 7.95. The molecule has 2 N–H and O–H groups in total. The van der Waals surface area contributed by atoms with Crippen LogP contribution in [0.5, 0.6) is 5.75 Å². The van der Waals surface area contributed by atoms with Crippen LogP contribution in [-0.4, -0.2) is 23.4 Å². The lowest BCUT2D eigenvalue weighted by molar-refractivity contribution is 0.252. The summed E-state index contributed by atoms with van der Waals surface area (Å²) in [5, 5.41) is 7.89. The van der Waals surface area contributed by atoms with Gasteiger partial charge in [0.05, 0.1) is 12.8 Å². The molecule has 0 aliphatic rings. The molecular weight excluding hydrogens is 376 g/mol. The Morgan fingerprint density at radius 2 is 1.63 bits per heavy atom. The second-order valence-corrected chi connectivity index (χ2v) is 6.65. The van der Waals surface area contributed by atoms with Gasteiger partial charge >= 0.3 is 6.03 Å². The minimum absolute atomic E-state index is 0.391. The van der Waals surface area contributed by atoms with Crippen molar-refractivity contribution in [3.8, 4) is 5.75 Å². The van der Waals surface area contributed by atoms with Crippen molar-refractivity contribution in [1.29, 1.82) is 0 Å². The molecule has 6 heteroatoms. The second kappa shape index (κ2) is 9.43. The number of anilines is 1. The lowest BCUT2D eigenvalue weighted by atomic mass is 10.2. The van der Waals surface area contributed by atoms with Gasteiger partial charge in [-0.25, -0.2) is 10.2 Å². The van der Waals surface area contributed by atoms with E-state index in [1.54, 1.807) is 6.21 Å². The standard InChI is InChI=1S/C24H22N4O2/c29-24(26-20-9-3-1-4-10-20)27-25-17-19-18-28(23-14-8-7-13-22(19)23)15-16-30-21-11-5-2-6-12-21/h1-14,17-18H,15-16H2,(H2,26,27,29)/b25-17+. The number of aromatic nitrogens is 1. The third kappa shape index (κ3) is 4.86. The van der Waals surface area contributed by atoms with Crippen LogP contribution in [0.1, 0.15) is 5.56 Å². The van der Waals surface area contributed by atoms with Crippen molar-refractivity contribution < 1.29 is 9.53 Å². The van der Waals surface area contributed by atoms with Gasteiger partial charge in [-0.05, 0) is 30.3 Å². The van der Waals surface area contributed by atoms with Crippen molar-refractivity contribution in [2.75, 3.05) is 11.9 Å². The van der Waals surface area contributed by atoms with Gasteiger partial charge in [-0.2, -0.15) is 5.10 Å². The number of ether oxygens (including phenoxy) is 1. The number of carbonyl (C=O) groups excluding carboxylic acids is 1. The molecule has 150 valence electrons. The van der Waals surface area contributed by atoms with E-state index in [0.717, 1.165) is 22.2 Å². The van der Waals surface area contributed by atoms with E-state index in [2.05, 4.69) is 26.5 Å². The fourth-order valence-corrected chi connectivity index (χ4v) is 3.18. The highest BCUT2D eigenvalue weighted by atomic mass is 16.5. The molecule has 6 nitrogen and oxygen atoms in total. The van der Waals surface area contributed by atoms with Crippen LogP contribution < -0.4 is 15.5 Å². The molecule has 0 saturated carbocycles. The van der Waals surface area contributed by atoms with E-state index in [1.807, 2.05) is 85.1 Å². The average Bonchev–Trinajstić information content (AvgIpc) is 3.13. The summed E-state index contributed by atoms with van der Waals surface area (Å²) in [6.45, 7) is 1.25. The second-order valence-electron chi connectivity index (χ2n) is 6.65. The summed E-state index contributed by atoms with van der Waals surface area (Å²) in [5.74, 6) is 0.851. The number of hydrogen-bond donors (Lipinski definition) is 2. The summed E-state index contributed by atoms with van der Waals surface area (Å²) in [5.41, 5.74) is 5.22. The van der Waals surface area contributed by atoms with Crippen LogP contribution in [0.25, 0.3) is 10.9 Å². The summed E-state index contributed by atoms with van der Waals surface area (Å²) in [4.78, 5) is 12.0. The van der Waals surface area contributed by atoms with E-state index in [0.29, 0.717) is 18.8 Å². The van der Waals surface area contributed by atoms with Gasteiger partial charge in [0.15, 0.2) is 0 Å². The topological polar surface area (TPSA) is 67.7 Å². The van der Waals surface area contributed by atoms with Crippen LogP contribution in [0.2, 0.25) is 0 Å². The number of nitrogens with one attached hydrogen (secondary N) is 2. The first-order chi connectivity index (χ1) is 14.8. The first-order valence-corrected chi connectivity index (χ1v) is 9.70. The number of hydrazone groups is 1. The van der Waals surface area contributed by atoms with Gasteiger partial charge in [-0.3, -0.25) is 0 Å². The predicted octanol–water partition coefficient (Wildman–Crippen LogP) is 4.88. The summed E-state index contributed by atoms with van der Waals surface area (Å²) in [7, 11) is 0. The largest absolute Gasteiger partial charge is 0.492 e. The zero-order valence-corrected chi connectivity index (χ0v) is 16.4. The maximum Gasteiger partial charge on any atom is 0.339 e. The van der Waals surface area contributed by atoms with Gasteiger partial charge in [0.25, 0.3) is 0 Å². The molecule has 4 aromatic rings. The van der Waals surface area contributed by atoms with Crippen molar-refractivity contribution in [1.82, 2.24) is 9.99 Å². The number of nitrogens with zero attached hydrogens (tertiary/aromatic N) is 2. The number of amides is 2. The maximum absolute atomic E-state index is 12.0. The highest BCUT2D eigenvalue weighted by molar-refractivity contribution is 6.00. The maximum atomic E-state index is 12.0. The van der Waals surface area contributed by atoms with E-state index in [9.17, 15) is 4.79 Å². The van der Waals surface area contributed by atoms with Crippen molar-refractivity contribution in [2.45, 2.75) is 6.54 Å². The summed E-state index contributed by atoms with van der Waals surface area (Å²) >= 11 is 0. The highest BCUT2D eigenvalue weighted by Gasteiger charge is 2.07. The average molecular weight is 398 g/mol. The molecule has 4 rings (SSSR count). The van der Waals surface area contributed by atoms with Gasteiger partial charge < -0.3 is 14.6 Å². The highest BCUT2D eigenvalue weighted by Crippen LogP contribution is 2.20. The minimum Gasteiger partial charge on any atom is -0.492 e. The third-order valence-corrected chi connectivity index (χ3v) is 4.56. The molecule has 0 radical (unpaired) electrons. The quantitative estimate of drug-likeness (QED) is 0.344. The number of hydrogen-bond acceptors (Lipinski definition) is 3. The van der Waals surface area contributed by atoms with E-state index < -0.39 is 6.03 Å². The number of fused-ring (bicyclic) bond motifs is 1. The van der Waals surface area contributed by atoms with E-state index in [4.69, 9.17) is 4.74 Å². The Kier molecular flexibility index (Phi) is 6.05. The van der Waals surface area contributed by atoms with Crippen LogP contribution in [0.4, 0.5) is 10.5 Å². The van der Waals surface area contributed by atoms with Gasteiger partial charge in [-0.1, -0.05) is 54.6 Å². The fraction of sp³-hybridized carbons (Fsp3) is 0.0833. The van der Waals surface area contributed by atoms with E-state index in [-0.39, 0.29) is 0 Å². The molecule has 1 aromatic heterocycles. The molecule has 0 spiro atoms. The Morgan fingerprint density at radius 3 is 2.43 bits per heavy atom. The first kappa shape index (κ1) is 19.3. The molecule has 0 bridgehead atoms. The molecule has 2 amide bonds. The van der Waals surface area contributed by atoms with Crippen molar-refractivity contribution in [2.24, 2.45) is 5.10 Å². The molecule has 0 aliphatic heterocycles. The van der Waals surface area contributed by atoms with Gasteiger partial charge in [-0.15, -0.1) is 0 Å². The third-order valence-electron chi connectivity index (χ3n) is 4.56. The molecule has 1 heterocycles. The number of para-hydroxylation sites is 3. The number of benzene rings is 3. The normalized spacial score (nSPS) is 10.9. The van der Waals surface area contributed by atoms with E-state index in [1.165, 1.54) is 0 Å². The molecule has 0 aliphatic carbocycles. The Labute approximate surface area is 174 Å². The van der Waals surface area contributed by atoms with Crippen LogP contribution in [0.15, 0.2) is 96.2 Å². The van der Waals surface area contributed by atoms with Gasteiger partial charge in [0.2, 0.25) is 0 Å². The van der Waals surface area contributed by atoms with Crippen LogP contribution >= 0.6 is 0 Å². The van der Waals surface area contributed by atoms with Crippen LogP contribution in [0.3, 0.4) is 0 Å². The molecule has 0 saturated heterocycles. The predicted molar refractivity (Wildman–Crippen MR) is 120 cm³/mol. The number of rotatable bonds is 7. The van der Waals surface area contributed by atoms with Gasteiger partial charge in [0, 0.05) is 28.4 Å². The lowest BCUT2D eigenvalue weighted by Gasteiger charge is -2.08. The molecule has 3 aromatic carbocycles. The van der Waals surface area contributed by atoms with Crippen molar-refractivity contribution in [3.05, 3.63) is 96.7 Å². The molecule has 0 atom stereocenters. The number of carbonyl (C=O) groups is 1. The fourth-order valence-electron chi connectivity index (χ4n) is 3.18. The van der Waals surface area contributed by atoms with Crippen LogP contribution in [0, 0.1) is 0 Å². The number of urea groups is 1. The monoisotopic (exact) mass is 398 g/mol. The Morgan fingerprint density at radius 1 is 0.933 bits per heavy atom. The SMILES string of the molecule is O=C(N/N=C/c1cn(CCOc2ccccc2)c2ccccc12)Nc1ccccc1. The zero-order chi connectivity index (χ0) is 20.6. The summed E-state index contributed by atoms with van der Waals surface area (Å²) in [6.07, 6.45) is 3.67. The van der Waals surface area contributed by atoms with Crippen molar-refractivity contribution >= 4 is 28.8 Å². The van der Waals surface area contributed by atoms with Crippen molar-refractivity contribution in [3.63, 3.8) is 0 Å². The molecule has 0 unspecified atom stereocenters. The van der Waals surface area contributed by atoms with Crippen LogP contribution in [-0.2, 0) is 6.54 Å². The smallest absolute Gasteiger partial charge is 0.339 e. The van der Waals surface area contributed by atoms with Gasteiger partial charge in [0.1, 0.15) is 12.4 Å². The Bertz CT molecular complexity index is 1140. The molecule has 30 heavy (non-hydrogen) atoms.